The first-order valence-electron chi connectivity index (χ1n) is 7.60. The Morgan fingerprint density at radius 1 is 0.955 bits per heavy atom. The molecule has 1 unspecified atom stereocenters. The molecule has 2 aromatic rings. The normalized spacial score (nSPS) is 18.5. The second kappa shape index (κ2) is 6.11. The minimum atomic E-state index is -0.349. The van der Waals surface area contributed by atoms with Crippen LogP contribution in [0.15, 0.2) is 60.7 Å². The van der Waals surface area contributed by atoms with Gasteiger partial charge in [0.1, 0.15) is 0 Å². The number of rotatable bonds is 2. The fourth-order valence-corrected chi connectivity index (χ4v) is 3.29. The first-order valence-corrected chi connectivity index (χ1v) is 8.59. The van der Waals surface area contributed by atoms with E-state index in [2.05, 4.69) is 79.8 Å². The van der Waals surface area contributed by atoms with E-state index in [1.54, 1.807) is 0 Å². The summed E-state index contributed by atoms with van der Waals surface area (Å²) in [6, 6.07) is 19.1. The van der Waals surface area contributed by atoms with Gasteiger partial charge in [-0.25, -0.2) is 0 Å². The monoisotopic (exact) mass is 310 g/mol. The molecule has 1 atom stereocenters. The average Bonchev–Trinajstić information content (AvgIpc) is 2.55. The van der Waals surface area contributed by atoms with Gasteiger partial charge in [-0.3, -0.25) is 0 Å². The maximum absolute atomic E-state index is 5.82. The van der Waals surface area contributed by atoms with E-state index in [0.29, 0.717) is 0 Å². The molecule has 2 aromatic carbocycles. The van der Waals surface area contributed by atoms with Crippen LogP contribution in [0.2, 0.25) is 0 Å². The summed E-state index contributed by atoms with van der Waals surface area (Å²) in [5.74, 6) is 0.958. The van der Waals surface area contributed by atoms with Crippen molar-refractivity contribution in [1.82, 2.24) is 0 Å². The summed E-state index contributed by atoms with van der Waals surface area (Å²) < 4.78 is 10.4. The van der Waals surface area contributed by atoms with Crippen molar-refractivity contribution in [2.24, 2.45) is 0 Å². The van der Waals surface area contributed by atoms with E-state index in [1.165, 1.54) is 11.1 Å². The van der Waals surface area contributed by atoms with Gasteiger partial charge in [0.25, 0.3) is 0 Å². The first-order chi connectivity index (χ1) is 10.5. The molecule has 0 fully saturated rings. The molecule has 3 heteroatoms. The van der Waals surface area contributed by atoms with Crippen molar-refractivity contribution < 1.29 is 8.85 Å². The lowest BCUT2D eigenvalue weighted by atomic mass is 9.86. The van der Waals surface area contributed by atoms with Crippen LogP contribution in [0.5, 0.6) is 0 Å². The summed E-state index contributed by atoms with van der Waals surface area (Å²) in [6.07, 6.45) is 2.24. The van der Waals surface area contributed by atoms with Crippen LogP contribution in [-0.2, 0) is 9.84 Å². The third-order valence-corrected chi connectivity index (χ3v) is 4.69. The van der Waals surface area contributed by atoms with E-state index in [9.17, 15) is 0 Å². The molecule has 0 bridgehead atoms. The maximum Gasteiger partial charge on any atom is 0.368 e. The van der Waals surface area contributed by atoms with Gasteiger partial charge in [0.2, 0.25) is 0 Å². The van der Waals surface area contributed by atoms with E-state index in [0.717, 1.165) is 11.3 Å². The molecule has 22 heavy (non-hydrogen) atoms. The van der Waals surface area contributed by atoms with Crippen LogP contribution in [0, 0.1) is 0 Å². The highest BCUT2D eigenvalue weighted by Crippen LogP contribution is 2.29. The topological polar surface area (TPSA) is 22.0 Å². The van der Waals surface area contributed by atoms with E-state index < -0.39 is 0 Å². The van der Waals surface area contributed by atoms with Crippen molar-refractivity contribution in [2.45, 2.75) is 32.3 Å². The van der Waals surface area contributed by atoms with Gasteiger partial charge in [-0.2, -0.15) is 0 Å². The molecular weight excluding hydrogens is 288 g/mol. The molecule has 0 saturated carbocycles. The highest BCUT2D eigenvalue weighted by Gasteiger charge is 2.18. The van der Waals surface area contributed by atoms with Crippen LogP contribution >= 0.6 is 0 Å². The Morgan fingerprint density at radius 3 is 2.27 bits per heavy atom. The number of hydrogen-bond donors (Lipinski definition) is 0. The average molecular weight is 310 g/mol. The molecule has 114 valence electrons. The molecule has 1 heterocycles. The summed E-state index contributed by atoms with van der Waals surface area (Å²) in [6.45, 7) is 6.69. The van der Waals surface area contributed by atoms with E-state index >= 15 is 0 Å². The highest BCUT2D eigenvalue weighted by molar-refractivity contribution is 6.20. The van der Waals surface area contributed by atoms with Gasteiger partial charge in [0.15, 0.2) is 6.10 Å². The van der Waals surface area contributed by atoms with Crippen molar-refractivity contribution in [3.8, 4) is 0 Å². The Morgan fingerprint density at radius 2 is 1.64 bits per heavy atom. The molecule has 0 aliphatic carbocycles. The van der Waals surface area contributed by atoms with Crippen LogP contribution in [-0.4, -0.2) is 14.4 Å². The fraction of sp³-hybridized carbons (Fsp3) is 0.263. The van der Waals surface area contributed by atoms with Gasteiger partial charge >= 0.3 is 10.0 Å². The highest BCUT2D eigenvalue weighted by atomic mass is 28.3. The molecule has 2 nitrogen and oxygen atoms in total. The Labute approximate surface area is 134 Å². The summed E-state index contributed by atoms with van der Waals surface area (Å²) in [5, 5.41) is 0. The summed E-state index contributed by atoms with van der Waals surface area (Å²) in [7, 11) is -0.349. The van der Waals surface area contributed by atoms with E-state index in [4.69, 9.17) is 4.43 Å². The first kappa shape index (κ1) is 15.1. The van der Waals surface area contributed by atoms with E-state index in [1.807, 2.05) is 6.07 Å². The maximum atomic E-state index is 5.82. The Hall–Kier alpha value is -1.84. The smallest absolute Gasteiger partial charge is 0.368 e. The molecule has 1 aliphatic heterocycles. The van der Waals surface area contributed by atoms with Gasteiger partial charge in [-0.1, -0.05) is 75.4 Å². The molecule has 3 rings (SSSR count). The van der Waals surface area contributed by atoms with Crippen LogP contribution in [0.3, 0.4) is 0 Å². The SMILES string of the molecule is CC(C)(C)c1ccc(C2=CC(c3ccccc3)[OH+][SiH-]O2)cc1. The Balaban J connectivity index is 1.86. The molecule has 0 amide bonds. The van der Waals surface area contributed by atoms with Gasteiger partial charge in [0.05, 0.1) is 5.76 Å². The molecule has 0 radical (unpaired) electrons. The zero-order chi connectivity index (χ0) is 15.6. The second-order valence-corrected chi connectivity index (χ2v) is 7.33. The minimum Gasteiger partial charge on any atom is -0.648 e. The molecule has 0 spiro atoms. The number of benzene rings is 2. The van der Waals surface area contributed by atoms with E-state index in [-0.39, 0.29) is 21.5 Å². The lowest BCUT2D eigenvalue weighted by molar-refractivity contribution is 0.0526. The van der Waals surface area contributed by atoms with Crippen LogP contribution in [0.25, 0.3) is 5.76 Å². The van der Waals surface area contributed by atoms with Gasteiger partial charge < -0.3 is 8.85 Å². The third kappa shape index (κ3) is 3.31. The molecule has 0 aromatic heterocycles. The molecular formula is C19H22O2Si. The quantitative estimate of drug-likeness (QED) is 0.609. The zero-order valence-corrected chi connectivity index (χ0v) is 14.4. The Kier molecular flexibility index (Phi) is 4.18. The van der Waals surface area contributed by atoms with Crippen LogP contribution in [0.4, 0.5) is 0 Å². The van der Waals surface area contributed by atoms with Crippen molar-refractivity contribution in [2.75, 3.05) is 0 Å². The van der Waals surface area contributed by atoms with Gasteiger partial charge in [-0.05, 0) is 11.0 Å². The van der Waals surface area contributed by atoms with Crippen molar-refractivity contribution >= 4 is 15.8 Å². The number of hydrogen-bond acceptors (Lipinski definition) is 1. The molecule has 0 saturated heterocycles. The Bertz CT molecular complexity index is 654. The van der Waals surface area contributed by atoms with Crippen molar-refractivity contribution in [1.29, 1.82) is 0 Å². The molecule has 1 aliphatic rings. The third-order valence-electron chi connectivity index (χ3n) is 3.89. The summed E-state index contributed by atoms with van der Waals surface area (Å²) >= 11 is 0. The zero-order valence-electron chi connectivity index (χ0n) is 13.3. The van der Waals surface area contributed by atoms with Crippen molar-refractivity contribution in [3.63, 3.8) is 0 Å². The second-order valence-electron chi connectivity index (χ2n) is 6.59. The summed E-state index contributed by atoms with van der Waals surface area (Å²) in [5.41, 5.74) is 3.87. The lowest BCUT2D eigenvalue weighted by Gasteiger charge is -2.29. The van der Waals surface area contributed by atoms with Crippen LogP contribution in [0.1, 0.15) is 43.6 Å². The van der Waals surface area contributed by atoms with Crippen LogP contribution < -0.4 is 0 Å². The minimum absolute atomic E-state index is 0.113. The van der Waals surface area contributed by atoms with Gasteiger partial charge in [-0.15, -0.1) is 0 Å². The predicted octanol–water partition coefficient (Wildman–Crippen LogP) is 3.89. The predicted molar refractivity (Wildman–Crippen MR) is 92.8 cm³/mol. The largest absolute Gasteiger partial charge is 0.648 e. The standard InChI is InChI=1S/C19H22O2Si/c1-19(2,3)16-11-9-15(10-12-16)18-13-17(20-22-21-18)14-7-5-4-6-8-14/h4-13,17,20,22H,1-3H3. The fourth-order valence-electron chi connectivity index (χ4n) is 2.51. The summed E-state index contributed by atoms with van der Waals surface area (Å²) in [4.78, 5) is 0. The van der Waals surface area contributed by atoms with Gasteiger partial charge in [0, 0.05) is 17.2 Å². The number of aliphatic hydroxyl groups is 1. The lowest BCUT2D eigenvalue weighted by Crippen LogP contribution is -2.19. The van der Waals surface area contributed by atoms with Crippen molar-refractivity contribution in [3.05, 3.63) is 77.4 Å². The molecule has 1 N–H and O–H groups in total.